The fourth-order valence-electron chi connectivity index (χ4n) is 3.15. The molecule has 4 nitrogen and oxygen atoms in total. The summed E-state index contributed by atoms with van der Waals surface area (Å²) in [6.07, 6.45) is 5.23. The van der Waals surface area contributed by atoms with Gasteiger partial charge < -0.3 is 4.74 Å². The van der Waals surface area contributed by atoms with Gasteiger partial charge >= 0.3 is 0 Å². The Hall–Kier alpha value is -1.81. The van der Waals surface area contributed by atoms with Crippen molar-refractivity contribution in [1.29, 1.82) is 0 Å². The van der Waals surface area contributed by atoms with Crippen LogP contribution in [0.15, 0.2) is 24.4 Å². The second kappa shape index (κ2) is 4.94. The monoisotopic (exact) mass is 269 g/mol. The molecule has 0 spiro atoms. The molecule has 0 fully saturated rings. The van der Waals surface area contributed by atoms with E-state index in [4.69, 9.17) is 4.74 Å². The zero-order valence-corrected chi connectivity index (χ0v) is 11.6. The second-order valence-corrected chi connectivity index (χ2v) is 5.69. The number of aromatic amines is 1. The van der Waals surface area contributed by atoms with Crippen LogP contribution in [0.5, 0.6) is 5.75 Å². The molecule has 1 aromatic heterocycles. The van der Waals surface area contributed by atoms with Crippen molar-refractivity contribution in [1.82, 2.24) is 15.1 Å². The molecule has 1 aromatic carbocycles. The number of nitrogens with zero attached hydrogens (tertiary/aromatic N) is 2. The molecular weight excluding hydrogens is 250 g/mol. The van der Waals surface area contributed by atoms with Gasteiger partial charge in [0.2, 0.25) is 0 Å². The largest absolute Gasteiger partial charge is 0.493 e. The fraction of sp³-hybridized carbons (Fsp3) is 0.438. The average molecular weight is 269 g/mol. The molecule has 0 saturated heterocycles. The standard InChI is InChI=1S/C16H19N3O/c1-2-16-13(5-8-20-16)9-12(1)3-6-19-7-4-15-14(11-19)10-17-18-15/h1-2,9-10H,3-8,11H2,(H,17,18). The molecule has 0 aliphatic carbocycles. The van der Waals surface area contributed by atoms with E-state index in [-0.39, 0.29) is 0 Å². The molecule has 0 saturated carbocycles. The van der Waals surface area contributed by atoms with E-state index in [1.807, 2.05) is 6.20 Å². The topological polar surface area (TPSA) is 41.2 Å². The molecular formula is C16H19N3O. The van der Waals surface area contributed by atoms with Crippen molar-refractivity contribution >= 4 is 0 Å². The van der Waals surface area contributed by atoms with Crippen LogP contribution in [-0.2, 0) is 25.8 Å². The lowest BCUT2D eigenvalue weighted by atomic mass is 10.0. The summed E-state index contributed by atoms with van der Waals surface area (Å²) in [6, 6.07) is 6.65. The first-order chi connectivity index (χ1) is 9.88. The quantitative estimate of drug-likeness (QED) is 0.926. The van der Waals surface area contributed by atoms with Crippen molar-refractivity contribution in [3.63, 3.8) is 0 Å². The van der Waals surface area contributed by atoms with Gasteiger partial charge in [0, 0.05) is 43.7 Å². The number of benzene rings is 1. The lowest BCUT2D eigenvalue weighted by Crippen LogP contribution is -2.31. The molecule has 4 heteroatoms. The van der Waals surface area contributed by atoms with Crippen LogP contribution in [0.4, 0.5) is 0 Å². The minimum absolute atomic E-state index is 0.841. The van der Waals surface area contributed by atoms with Crippen LogP contribution in [0.2, 0.25) is 0 Å². The third-order valence-electron chi connectivity index (χ3n) is 4.35. The van der Waals surface area contributed by atoms with Crippen LogP contribution >= 0.6 is 0 Å². The van der Waals surface area contributed by atoms with E-state index in [1.165, 1.54) is 22.4 Å². The van der Waals surface area contributed by atoms with Gasteiger partial charge in [-0.15, -0.1) is 0 Å². The number of hydrogen-bond donors (Lipinski definition) is 1. The first-order valence-corrected chi connectivity index (χ1v) is 7.36. The molecule has 20 heavy (non-hydrogen) atoms. The predicted octanol–water partition coefficient (Wildman–Crippen LogP) is 1.95. The van der Waals surface area contributed by atoms with E-state index in [9.17, 15) is 0 Å². The van der Waals surface area contributed by atoms with Gasteiger partial charge in [-0.05, 0) is 23.6 Å². The smallest absolute Gasteiger partial charge is 0.122 e. The van der Waals surface area contributed by atoms with Crippen molar-refractivity contribution in [3.05, 3.63) is 46.8 Å². The highest BCUT2D eigenvalue weighted by Gasteiger charge is 2.18. The van der Waals surface area contributed by atoms with Gasteiger partial charge in [0.1, 0.15) is 5.75 Å². The van der Waals surface area contributed by atoms with Gasteiger partial charge in [0.05, 0.1) is 12.8 Å². The summed E-state index contributed by atoms with van der Waals surface area (Å²) in [5.41, 5.74) is 5.47. The first kappa shape index (κ1) is 12.0. The number of fused-ring (bicyclic) bond motifs is 2. The Kier molecular flexibility index (Phi) is 2.96. The van der Waals surface area contributed by atoms with Gasteiger partial charge in [0.25, 0.3) is 0 Å². The van der Waals surface area contributed by atoms with Crippen LogP contribution in [0, 0.1) is 0 Å². The van der Waals surface area contributed by atoms with Crippen LogP contribution < -0.4 is 4.74 Å². The Morgan fingerprint density at radius 1 is 1.25 bits per heavy atom. The number of nitrogens with one attached hydrogen (secondary N) is 1. The summed E-state index contributed by atoms with van der Waals surface area (Å²) in [4.78, 5) is 2.52. The molecule has 0 amide bonds. The number of ether oxygens (including phenoxy) is 1. The number of rotatable bonds is 3. The molecule has 0 bridgehead atoms. The highest BCUT2D eigenvalue weighted by atomic mass is 16.5. The fourth-order valence-corrected chi connectivity index (χ4v) is 3.15. The molecule has 2 aromatic rings. The molecule has 0 radical (unpaired) electrons. The highest BCUT2D eigenvalue weighted by molar-refractivity contribution is 5.39. The lowest BCUT2D eigenvalue weighted by Gasteiger charge is -2.26. The van der Waals surface area contributed by atoms with Gasteiger partial charge in [0.15, 0.2) is 0 Å². The SMILES string of the molecule is c1cc2c(cc1CCN1CCc3[nH]ncc3C1)CCO2. The molecule has 0 unspecified atom stereocenters. The van der Waals surface area contributed by atoms with E-state index < -0.39 is 0 Å². The van der Waals surface area contributed by atoms with Crippen molar-refractivity contribution in [3.8, 4) is 5.75 Å². The normalized spacial score (nSPS) is 17.6. The van der Waals surface area contributed by atoms with Crippen molar-refractivity contribution in [2.75, 3.05) is 19.7 Å². The Morgan fingerprint density at radius 2 is 2.25 bits per heavy atom. The van der Waals surface area contributed by atoms with E-state index in [0.717, 1.165) is 51.3 Å². The zero-order chi connectivity index (χ0) is 13.4. The minimum Gasteiger partial charge on any atom is -0.493 e. The summed E-state index contributed by atoms with van der Waals surface area (Å²) in [6.45, 7) is 4.11. The van der Waals surface area contributed by atoms with E-state index >= 15 is 0 Å². The molecule has 3 heterocycles. The Labute approximate surface area is 118 Å². The van der Waals surface area contributed by atoms with Crippen LogP contribution in [0.1, 0.15) is 22.4 Å². The third kappa shape index (κ3) is 2.20. The van der Waals surface area contributed by atoms with Gasteiger partial charge in [-0.3, -0.25) is 10.00 Å². The van der Waals surface area contributed by atoms with Crippen molar-refractivity contribution in [2.24, 2.45) is 0 Å². The Balaban J connectivity index is 1.39. The second-order valence-electron chi connectivity index (χ2n) is 5.69. The van der Waals surface area contributed by atoms with Crippen LogP contribution in [0.3, 0.4) is 0 Å². The zero-order valence-electron chi connectivity index (χ0n) is 11.6. The summed E-state index contributed by atoms with van der Waals surface area (Å²) < 4.78 is 5.56. The molecule has 104 valence electrons. The minimum atomic E-state index is 0.841. The summed E-state index contributed by atoms with van der Waals surface area (Å²) >= 11 is 0. The van der Waals surface area contributed by atoms with Crippen LogP contribution in [-0.4, -0.2) is 34.8 Å². The van der Waals surface area contributed by atoms with Gasteiger partial charge in [-0.25, -0.2) is 0 Å². The highest BCUT2D eigenvalue weighted by Crippen LogP contribution is 2.26. The molecule has 2 aliphatic heterocycles. The number of hydrogen-bond acceptors (Lipinski definition) is 3. The van der Waals surface area contributed by atoms with E-state index in [0.29, 0.717) is 0 Å². The maximum Gasteiger partial charge on any atom is 0.122 e. The third-order valence-corrected chi connectivity index (χ3v) is 4.35. The van der Waals surface area contributed by atoms with Crippen molar-refractivity contribution in [2.45, 2.75) is 25.8 Å². The Morgan fingerprint density at radius 3 is 3.25 bits per heavy atom. The maximum atomic E-state index is 5.56. The summed E-state index contributed by atoms with van der Waals surface area (Å²) in [5.74, 6) is 1.08. The lowest BCUT2D eigenvalue weighted by molar-refractivity contribution is 0.256. The van der Waals surface area contributed by atoms with E-state index in [2.05, 4.69) is 33.3 Å². The van der Waals surface area contributed by atoms with Gasteiger partial charge in [-0.2, -0.15) is 5.10 Å². The summed E-state index contributed by atoms with van der Waals surface area (Å²) in [5, 5.41) is 7.22. The first-order valence-electron chi connectivity index (χ1n) is 7.36. The number of aromatic nitrogens is 2. The molecule has 1 N–H and O–H groups in total. The van der Waals surface area contributed by atoms with Gasteiger partial charge in [-0.1, -0.05) is 12.1 Å². The van der Waals surface area contributed by atoms with Crippen molar-refractivity contribution < 1.29 is 4.74 Å². The summed E-state index contributed by atoms with van der Waals surface area (Å²) in [7, 11) is 0. The molecule has 2 aliphatic rings. The maximum absolute atomic E-state index is 5.56. The average Bonchev–Trinajstić information content (AvgIpc) is 3.12. The Bertz CT molecular complexity index is 620. The number of H-pyrrole nitrogens is 1. The molecule has 4 rings (SSSR count). The van der Waals surface area contributed by atoms with Crippen LogP contribution in [0.25, 0.3) is 0 Å². The predicted molar refractivity (Wildman–Crippen MR) is 76.9 cm³/mol. The molecule has 0 atom stereocenters. The van der Waals surface area contributed by atoms with E-state index in [1.54, 1.807) is 0 Å².